The second-order valence-corrected chi connectivity index (χ2v) is 1.62. The molecule has 0 aliphatic rings. The molecule has 0 radical (unpaired) electrons. The van der Waals surface area contributed by atoms with Crippen LogP contribution in [0, 0.1) is 11.5 Å². The Hall–Kier alpha value is 0.200. The summed E-state index contributed by atoms with van der Waals surface area (Å²) >= 11 is 0. The Labute approximate surface area is 68.5 Å². The fourth-order valence-corrected chi connectivity index (χ4v) is 0.141. The Morgan fingerprint density at radius 1 is 1.62 bits per heavy atom. The van der Waals surface area contributed by atoms with Crippen molar-refractivity contribution in [3.05, 3.63) is 0 Å². The zero-order chi connectivity index (χ0) is 5.91. The van der Waals surface area contributed by atoms with Gasteiger partial charge in [-0.3, -0.25) is 8.74 Å². The Morgan fingerprint density at radius 3 is 2.00 bits per heavy atom. The van der Waals surface area contributed by atoms with Crippen LogP contribution >= 0.6 is 0 Å². The van der Waals surface area contributed by atoms with Crippen LogP contribution in [0.25, 0.3) is 0 Å². The van der Waals surface area contributed by atoms with Gasteiger partial charge in [0.25, 0.3) is 0 Å². The van der Waals surface area contributed by atoms with Gasteiger partial charge in [-0.15, -0.1) is 5.26 Å². The van der Waals surface area contributed by atoms with Crippen molar-refractivity contribution in [3.63, 3.8) is 0 Å². The molecule has 7 heteroatoms. The summed E-state index contributed by atoms with van der Waals surface area (Å²) < 4.78 is 29.3. The van der Waals surface area contributed by atoms with Crippen LogP contribution in [0.3, 0.4) is 0 Å². The number of rotatable bonds is 1. The first-order valence-electron chi connectivity index (χ1n) is 1.11. The van der Waals surface area contributed by atoms with E-state index in [1.807, 2.05) is 0 Å². The van der Waals surface area contributed by atoms with E-state index in [1.54, 1.807) is 0 Å². The molecule has 42 valence electrons. The van der Waals surface area contributed by atoms with E-state index in [1.165, 1.54) is 0 Å². The van der Waals surface area contributed by atoms with E-state index in [0.717, 1.165) is 6.26 Å². The molecule has 1 N–H and O–H groups in total. The van der Waals surface area contributed by atoms with Crippen LogP contribution in [0.5, 0.6) is 0 Å². The van der Waals surface area contributed by atoms with Gasteiger partial charge in [-0.1, -0.05) is 0 Å². The summed E-state index contributed by atoms with van der Waals surface area (Å²) in [6.07, 6.45) is 0.770. The third kappa shape index (κ3) is 9.50. The van der Waals surface area contributed by atoms with Crippen LogP contribution in [-0.2, 0) is 14.6 Å². The van der Waals surface area contributed by atoms with Gasteiger partial charge in [-0.25, -0.2) is 0 Å². The van der Waals surface area contributed by atoms with Gasteiger partial charge in [0.15, 0.2) is 0 Å². The molecule has 8 heavy (non-hydrogen) atoms. The summed E-state index contributed by atoms with van der Waals surface area (Å²) in [6.45, 7) is 0. The topological polar surface area (TPSA) is 87.4 Å². The average Bonchev–Trinajstić information content (AvgIpc) is 1.30. The summed E-state index contributed by atoms with van der Waals surface area (Å²) in [7, 11) is -4.54. The van der Waals surface area contributed by atoms with E-state index in [0.29, 0.717) is 0 Å². The molecular formula is CH2NNaO4S. The van der Waals surface area contributed by atoms with Crippen molar-refractivity contribution in [1.29, 1.82) is 5.26 Å². The van der Waals surface area contributed by atoms with E-state index in [9.17, 15) is 8.42 Å². The summed E-state index contributed by atoms with van der Waals surface area (Å²) in [4.78, 5) is 0. The minimum absolute atomic E-state index is 0. The number of nitriles is 1. The van der Waals surface area contributed by atoms with E-state index >= 15 is 0 Å². The van der Waals surface area contributed by atoms with Gasteiger partial charge in [0.1, 0.15) is 0 Å². The molecule has 0 saturated carbocycles. The monoisotopic (exact) mass is 147 g/mol. The second-order valence-electron chi connectivity index (χ2n) is 0.602. The fraction of sp³-hybridized carbons (Fsp3) is 0. The van der Waals surface area contributed by atoms with Crippen LogP contribution in [0.4, 0.5) is 0 Å². The van der Waals surface area contributed by atoms with Crippen molar-refractivity contribution in [2.24, 2.45) is 0 Å². The van der Waals surface area contributed by atoms with E-state index in [2.05, 4.69) is 4.18 Å². The molecule has 5 nitrogen and oxygen atoms in total. The van der Waals surface area contributed by atoms with Crippen LogP contribution < -0.4 is 0 Å². The van der Waals surface area contributed by atoms with Crippen LogP contribution in [0.1, 0.15) is 0 Å². The Morgan fingerprint density at radius 2 is 2.00 bits per heavy atom. The molecule has 0 aliphatic carbocycles. The molecule has 0 aromatic rings. The van der Waals surface area contributed by atoms with Gasteiger partial charge in [-0.05, 0) is 0 Å². The summed E-state index contributed by atoms with van der Waals surface area (Å²) in [6, 6.07) is 0. The third-order valence-corrected chi connectivity index (χ3v) is 0.428. The van der Waals surface area contributed by atoms with E-state index in [-0.39, 0.29) is 29.6 Å². The molecule has 0 unspecified atom stereocenters. The molecule has 0 aromatic heterocycles. The van der Waals surface area contributed by atoms with Crippen molar-refractivity contribution in [2.45, 2.75) is 0 Å². The summed E-state index contributed by atoms with van der Waals surface area (Å²) in [5.74, 6) is 0. The number of hydrogen-bond acceptors (Lipinski definition) is 4. The second kappa shape index (κ2) is 4.12. The van der Waals surface area contributed by atoms with Crippen molar-refractivity contribution < 1.29 is 17.2 Å². The quantitative estimate of drug-likeness (QED) is 0.281. The maximum atomic E-state index is 9.34. The standard InChI is InChI=1S/CHNO4S.Na.H/c2-1-6-7(3,4)5;;/h(H,3,4,5);;. The first kappa shape index (κ1) is 11.1. The maximum absolute atomic E-state index is 9.34. The van der Waals surface area contributed by atoms with E-state index < -0.39 is 10.4 Å². The Balaban J connectivity index is 0. The van der Waals surface area contributed by atoms with Crippen LogP contribution in [0.2, 0.25) is 0 Å². The van der Waals surface area contributed by atoms with Gasteiger partial charge in [0, 0.05) is 0 Å². The summed E-state index contributed by atoms with van der Waals surface area (Å²) in [5, 5.41) is 7.39. The first-order chi connectivity index (χ1) is 3.06. The van der Waals surface area contributed by atoms with Gasteiger partial charge in [0.2, 0.25) is 0 Å². The van der Waals surface area contributed by atoms with Gasteiger partial charge < -0.3 is 0 Å². The fourth-order valence-electron chi connectivity index (χ4n) is 0.0471. The molecule has 0 rings (SSSR count). The summed E-state index contributed by atoms with van der Waals surface area (Å²) in [5.41, 5.74) is 0. The molecule has 0 aliphatic heterocycles. The minimum atomic E-state index is -4.54. The molecule has 0 bridgehead atoms. The molecule has 0 saturated heterocycles. The Bertz CT molecular complexity index is 177. The normalized spacial score (nSPS) is 8.50. The molecule has 0 heterocycles. The molecule has 0 spiro atoms. The van der Waals surface area contributed by atoms with E-state index in [4.69, 9.17) is 9.81 Å². The van der Waals surface area contributed by atoms with Gasteiger partial charge >= 0.3 is 46.2 Å². The third-order valence-electron chi connectivity index (χ3n) is 0.143. The first-order valence-corrected chi connectivity index (χ1v) is 2.48. The van der Waals surface area contributed by atoms with Crippen molar-refractivity contribution >= 4 is 40.0 Å². The van der Waals surface area contributed by atoms with Crippen molar-refractivity contribution in [2.75, 3.05) is 0 Å². The molecule has 0 atom stereocenters. The van der Waals surface area contributed by atoms with Crippen LogP contribution in [0.15, 0.2) is 0 Å². The number of hydrogen-bond donors (Lipinski definition) is 1. The predicted molar refractivity (Wildman–Crippen MR) is 25.4 cm³/mol. The predicted octanol–water partition coefficient (Wildman–Crippen LogP) is -1.36. The molecule has 0 amide bonds. The molecule has 0 fully saturated rings. The SMILES string of the molecule is N#COS(=O)(=O)O.[NaH]. The van der Waals surface area contributed by atoms with Crippen molar-refractivity contribution in [3.8, 4) is 6.26 Å². The van der Waals surface area contributed by atoms with Gasteiger partial charge in [0.05, 0.1) is 0 Å². The Kier molecular flexibility index (Phi) is 5.69. The zero-order valence-corrected chi connectivity index (χ0v) is 3.84. The number of nitrogens with zero attached hydrogens (tertiary/aromatic N) is 1. The molecular weight excluding hydrogens is 145 g/mol. The average molecular weight is 147 g/mol. The zero-order valence-electron chi connectivity index (χ0n) is 3.03. The molecule has 0 aromatic carbocycles. The van der Waals surface area contributed by atoms with Crippen molar-refractivity contribution in [1.82, 2.24) is 0 Å². The van der Waals surface area contributed by atoms with Gasteiger partial charge in [-0.2, -0.15) is 8.42 Å². The van der Waals surface area contributed by atoms with Crippen LogP contribution in [-0.4, -0.2) is 42.5 Å².